The number of carbonyl (C=O) groups is 1. The maximum absolute atomic E-state index is 12.5. The van der Waals surface area contributed by atoms with Crippen molar-refractivity contribution in [1.82, 2.24) is 14.9 Å². The molecule has 1 aliphatic heterocycles. The number of nitrogens with one attached hydrogen (secondary N) is 1. The molecular formula is C14H17N3O2S2. The first kappa shape index (κ1) is 14.6. The van der Waals surface area contributed by atoms with E-state index in [9.17, 15) is 9.59 Å². The fourth-order valence-electron chi connectivity index (χ4n) is 2.46. The average Bonchev–Trinajstić information content (AvgIpc) is 2.97. The van der Waals surface area contributed by atoms with Crippen molar-refractivity contribution in [2.75, 3.05) is 5.75 Å². The first-order chi connectivity index (χ1) is 9.97. The molecule has 3 rings (SSSR count). The predicted molar refractivity (Wildman–Crippen MR) is 86.2 cm³/mol. The van der Waals surface area contributed by atoms with Gasteiger partial charge in [-0.15, -0.1) is 11.3 Å². The molecule has 0 bridgehead atoms. The summed E-state index contributed by atoms with van der Waals surface area (Å²) in [5, 5.41) is 4.39. The molecule has 0 aliphatic carbocycles. The Morgan fingerprint density at radius 3 is 2.86 bits per heavy atom. The number of nitrogens with zero attached hydrogens (tertiary/aromatic N) is 2. The molecule has 1 N–H and O–H groups in total. The van der Waals surface area contributed by atoms with E-state index >= 15 is 0 Å². The highest BCUT2D eigenvalue weighted by atomic mass is 32.2. The number of aromatic nitrogens is 2. The molecule has 1 unspecified atom stereocenters. The van der Waals surface area contributed by atoms with Crippen molar-refractivity contribution in [2.45, 2.75) is 37.9 Å². The summed E-state index contributed by atoms with van der Waals surface area (Å²) in [5.74, 6) is 0.864. The van der Waals surface area contributed by atoms with E-state index in [-0.39, 0.29) is 17.5 Å². The average molecular weight is 323 g/mol. The Balaban J connectivity index is 1.90. The molecule has 1 fully saturated rings. The third kappa shape index (κ3) is 2.60. The summed E-state index contributed by atoms with van der Waals surface area (Å²) in [7, 11) is 1.76. The first-order valence-electron chi connectivity index (χ1n) is 6.86. The summed E-state index contributed by atoms with van der Waals surface area (Å²) < 4.78 is 1.61. The molecule has 112 valence electrons. The predicted octanol–water partition coefficient (Wildman–Crippen LogP) is 1.98. The Bertz CT molecular complexity index is 779. The molecule has 0 radical (unpaired) electrons. The van der Waals surface area contributed by atoms with Crippen LogP contribution in [0.2, 0.25) is 0 Å². The smallest absolute Gasteiger partial charge is 0.262 e. The normalized spacial score (nSPS) is 18.4. The Kier molecular flexibility index (Phi) is 3.79. The van der Waals surface area contributed by atoms with Gasteiger partial charge in [-0.1, -0.05) is 11.8 Å². The third-order valence-corrected chi connectivity index (χ3v) is 6.16. The standard InChI is InChI=1S/C14H17N3O2S2/c1-7-8(2)21-12-11(7)13(19)17(3)14(16-12)20-6-9-4-5-10(18)15-9/h9H,4-6H2,1-3H3,(H,15,18). The van der Waals surface area contributed by atoms with Crippen LogP contribution in [0.3, 0.4) is 0 Å². The van der Waals surface area contributed by atoms with E-state index < -0.39 is 0 Å². The maximum Gasteiger partial charge on any atom is 0.262 e. The van der Waals surface area contributed by atoms with E-state index in [1.165, 1.54) is 11.8 Å². The SMILES string of the molecule is Cc1sc2nc(SCC3CCC(=O)N3)n(C)c(=O)c2c1C. The lowest BCUT2D eigenvalue weighted by atomic mass is 10.2. The van der Waals surface area contributed by atoms with Gasteiger partial charge in [0.1, 0.15) is 4.83 Å². The summed E-state index contributed by atoms with van der Waals surface area (Å²) in [6, 6.07) is 0.182. The number of thioether (sulfide) groups is 1. The van der Waals surface area contributed by atoms with Crippen molar-refractivity contribution < 1.29 is 4.79 Å². The van der Waals surface area contributed by atoms with Crippen LogP contribution >= 0.6 is 23.1 Å². The summed E-state index contributed by atoms with van der Waals surface area (Å²) in [4.78, 5) is 30.3. The van der Waals surface area contributed by atoms with E-state index in [4.69, 9.17) is 0 Å². The van der Waals surface area contributed by atoms with Crippen LogP contribution in [0.5, 0.6) is 0 Å². The minimum absolute atomic E-state index is 0.0137. The van der Waals surface area contributed by atoms with E-state index in [1.807, 2.05) is 13.8 Å². The van der Waals surface area contributed by atoms with Gasteiger partial charge in [0.25, 0.3) is 5.56 Å². The second-order valence-corrected chi connectivity index (χ2v) is 7.53. The van der Waals surface area contributed by atoms with E-state index in [0.29, 0.717) is 6.42 Å². The zero-order valence-corrected chi connectivity index (χ0v) is 13.9. The van der Waals surface area contributed by atoms with Crippen molar-refractivity contribution in [3.8, 4) is 0 Å². The molecule has 1 saturated heterocycles. The highest BCUT2D eigenvalue weighted by molar-refractivity contribution is 7.99. The van der Waals surface area contributed by atoms with Crippen LogP contribution in [0.1, 0.15) is 23.3 Å². The molecule has 2 aromatic rings. The van der Waals surface area contributed by atoms with E-state index in [0.717, 1.165) is 38.0 Å². The number of carbonyl (C=O) groups excluding carboxylic acids is 1. The van der Waals surface area contributed by atoms with Gasteiger partial charge in [0.2, 0.25) is 5.91 Å². The lowest BCUT2D eigenvalue weighted by Gasteiger charge is -2.11. The number of hydrogen-bond acceptors (Lipinski definition) is 5. The van der Waals surface area contributed by atoms with Gasteiger partial charge < -0.3 is 5.32 Å². The van der Waals surface area contributed by atoms with Crippen LogP contribution in [0.25, 0.3) is 10.2 Å². The lowest BCUT2D eigenvalue weighted by Crippen LogP contribution is -2.28. The minimum Gasteiger partial charge on any atom is -0.353 e. The monoisotopic (exact) mass is 323 g/mol. The second-order valence-electron chi connectivity index (χ2n) is 5.34. The van der Waals surface area contributed by atoms with Gasteiger partial charge in [0, 0.05) is 30.1 Å². The van der Waals surface area contributed by atoms with E-state index in [1.54, 1.807) is 23.0 Å². The molecule has 2 aromatic heterocycles. The zero-order valence-electron chi connectivity index (χ0n) is 12.2. The number of amides is 1. The van der Waals surface area contributed by atoms with Crippen LogP contribution in [-0.4, -0.2) is 27.3 Å². The molecule has 5 nitrogen and oxygen atoms in total. The number of rotatable bonds is 3. The highest BCUT2D eigenvalue weighted by Crippen LogP contribution is 2.28. The molecule has 1 aliphatic rings. The van der Waals surface area contributed by atoms with Crippen molar-refractivity contribution in [1.29, 1.82) is 0 Å². The van der Waals surface area contributed by atoms with Crippen molar-refractivity contribution in [2.24, 2.45) is 7.05 Å². The van der Waals surface area contributed by atoms with Gasteiger partial charge in [0.15, 0.2) is 5.16 Å². The zero-order chi connectivity index (χ0) is 15.1. The first-order valence-corrected chi connectivity index (χ1v) is 8.66. The van der Waals surface area contributed by atoms with Crippen LogP contribution in [-0.2, 0) is 11.8 Å². The van der Waals surface area contributed by atoms with Crippen LogP contribution < -0.4 is 10.9 Å². The molecule has 0 aromatic carbocycles. The minimum atomic E-state index is 0.0137. The Morgan fingerprint density at radius 1 is 1.43 bits per heavy atom. The highest BCUT2D eigenvalue weighted by Gasteiger charge is 2.22. The molecule has 0 saturated carbocycles. The van der Waals surface area contributed by atoms with Gasteiger partial charge in [-0.25, -0.2) is 4.98 Å². The van der Waals surface area contributed by atoms with Crippen molar-refractivity contribution >= 4 is 39.2 Å². The van der Waals surface area contributed by atoms with Crippen LogP contribution in [0.15, 0.2) is 9.95 Å². The summed E-state index contributed by atoms with van der Waals surface area (Å²) in [6.07, 6.45) is 1.46. The van der Waals surface area contributed by atoms with E-state index in [2.05, 4.69) is 10.3 Å². The van der Waals surface area contributed by atoms with Crippen LogP contribution in [0, 0.1) is 13.8 Å². The van der Waals surface area contributed by atoms with Gasteiger partial charge >= 0.3 is 0 Å². The number of aryl methyl sites for hydroxylation is 2. The Morgan fingerprint density at radius 2 is 2.19 bits per heavy atom. The summed E-state index contributed by atoms with van der Waals surface area (Å²) in [6.45, 7) is 3.99. The van der Waals surface area contributed by atoms with Crippen molar-refractivity contribution in [3.63, 3.8) is 0 Å². The number of fused-ring (bicyclic) bond motifs is 1. The largest absolute Gasteiger partial charge is 0.353 e. The number of thiophene rings is 1. The fraction of sp³-hybridized carbons (Fsp3) is 0.500. The molecule has 1 amide bonds. The lowest BCUT2D eigenvalue weighted by molar-refractivity contribution is -0.119. The topological polar surface area (TPSA) is 64.0 Å². The van der Waals surface area contributed by atoms with Gasteiger partial charge in [-0.05, 0) is 25.8 Å². The molecule has 0 spiro atoms. The molecular weight excluding hydrogens is 306 g/mol. The molecule has 3 heterocycles. The Hall–Kier alpha value is -1.34. The molecule has 7 heteroatoms. The fourth-order valence-corrected chi connectivity index (χ4v) is 4.57. The third-order valence-electron chi connectivity index (χ3n) is 3.87. The van der Waals surface area contributed by atoms with Gasteiger partial charge in [-0.2, -0.15) is 0 Å². The summed E-state index contributed by atoms with van der Waals surface area (Å²) in [5.41, 5.74) is 1.04. The molecule has 1 atom stereocenters. The Labute approximate surface area is 130 Å². The van der Waals surface area contributed by atoms with Crippen molar-refractivity contribution in [3.05, 3.63) is 20.8 Å². The quantitative estimate of drug-likeness (QED) is 0.693. The summed E-state index contributed by atoms with van der Waals surface area (Å²) >= 11 is 3.10. The van der Waals surface area contributed by atoms with Gasteiger partial charge in [-0.3, -0.25) is 14.2 Å². The second kappa shape index (κ2) is 5.46. The molecule has 21 heavy (non-hydrogen) atoms. The number of hydrogen-bond donors (Lipinski definition) is 1. The van der Waals surface area contributed by atoms with Crippen LogP contribution in [0.4, 0.5) is 0 Å². The van der Waals surface area contributed by atoms with Gasteiger partial charge in [0.05, 0.1) is 5.39 Å². The maximum atomic E-state index is 12.5.